The normalized spacial score (nSPS) is 11.2. The largest absolute Gasteiger partial charge is 0.360 e. The number of nitrogens with zero attached hydrogens (tertiary/aromatic N) is 3. The van der Waals surface area contributed by atoms with Crippen molar-refractivity contribution in [2.45, 2.75) is 33.2 Å². The van der Waals surface area contributed by atoms with Gasteiger partial charge in [-0.15, -0.1) is 0 Å². The Balaban J connectivity index is 1.83. The van der Waals surface area contributed by atoms with E-state index in [0.29, 0.717) is 39.4 Å². The van der Waals surface area contributed by atoms with Crippen molar-refractivity contribution in [2.24, 2.45) is 0 Å². The summed E-state index contributed by atoms with van der Waals surface area (Å²) in [6, 6.07) is 6.99. The van der Waals surface area contributed by atoms with E-state index in [1.165, 1.54) is 0 Å². The standard InChI is InChI=1S/C18H18Cl2N4O2/c1-10(2)17-16(11(3)23-26-17)18(25)22-15-6-7-21-24(15)9-12-4-5-13(19)8-14(12)20/h4-8,10H,9H2,1-3H3,(H,22,25). The van der Waals surface area contributed by atoms with Gasteiger partial charge in [0.05, 0.1) is 18.4 Å². The first-order valence-corrected chi connectivity index (χ1v) is 8.85. The smallest absolute Gasteiger partial charge is 0.262 e. The summed E-state index contributed by atoms with van der Waals surface area (Å²) in [5.74, 6) is 0.884. The zero-order chi connectivity index (χ0) is 18.8. The molecular formula is C18H18Cl2N4O2. The van der Waals surface area contributed by atoms with E-state index in [2.05, 4.69) is 15.6 Å². The molecule has 0 bridgehead atoms. The molecule has 136 valence electrons. The highest BCUT2D eigenvalue weighted by molar-refractivity contribution is 6.35. The third-order valence-corrected chi connectivity index (χ3v) is 4.52. The summed E-state index contributed by atoms with van der Waals surface area (Å²) in [7, 11) is 0. The number of amides is 1. The minimum absolute atomic E-state index is 0.0507. The van der Waals surface area contributed by atoms with E-state index < -0.39 is 0 Å². The van der Waals surface area contributed by atoms with Gasteiger partial charge in [-0.2, -0.15) is 5.10 Å². The molecule has 0 fully saturated rings. The Morgan fingerprint density at radius 1 is 1.31 bits per heavy atom. The maximum atomic E-state index is 12.7. The Kier molecular flexibility index (Phi) is 5.34. The summed E-state index contributed by atoms with van der Waals surface area (Å²) in [6.07, 6.45) is 1.61. The molecule has 1 amide bonds. The van der Waals surface area contributed by atoms with Crippen molar-refractivity contribution in [2.75, 3.05) is 5.32 Å². The van der Waals surface area contributed by atoms with Crippen molar-refractivity contribution < 1.29 is 9.32 Å². The minimum atomic E-state index is -0.281. The fraction of sp³-hybridized carbons (Fsp3) is 0.278. The molecule has 0 atom stereocenters. The summed E-state index contributed by atoms with van der Waals surface area (Å²) < 4.78 is 6.94. The van der Waals surface area contributed by atoms with E-state index in [4.69, 9.17) is 27.7 Å². The van der Waals surface area contributed by atoms with Crippen LogP contribution in [0.1, 0.15) is 47.1 Å². The molecule has 0 spiro atoms. The van der Waals surface area contributed by atoms with Gasteiger partial charge in [-0.25, -0.2) is 4.68 Å². The third-order valence-electron chi connectivity index (χ3n) is 3.93. The predicted molar refractivity (Wildman–Crippen MR) is 101 cm³/mol. The molecule has 0 aliphatic rings. The van der Waals surface area contributed by atoms with Gasteiger partial charge >= 0.3 is 0 Å². The number of halogens is 2. The van der Waals surface area contributed by atoms with Crippen LogP contribution in [-0.2, 0) is 6.54 Å². The van der Waals surface area contributed by atoms with Crippen LogP contribution < -0.4 is 5.32 Å². The zero-order valence-corrected chi connectivity index (χ0v) is 16.1. The van der Waals surface area contributed by atoms with Crippen molar-refractivity contribution >= 4 is 34.9 Å². The SMILES string of the molecule is Cc1noc(C(C)C)c1C(=O)Nc1ccnn1Cc1ccc(Cl)cc1Cl. The van der Waals surface area contributed by atoms with Crippen molar-refractivity contribution in [3.8, 4) is 0 Å². The Morgan fingerprint density at radius 2 is 2.08 bits per heavy atom. The molecule has 0 radical (unpaired) electrons. The molecule has 0 saturated carbocycles. The van der Waals surface area contributed by atoms with Crippen molar-refractivity contribution in [3.63, 3.8) is 0 Å². The summed E-state index contributed by atoms with van der Waals surface area (Å²) in [6.45, 7) is 6.04. The highest BCUT2D eigenvalue weighted by Gasteiger charge is 2.23. The van der Waals surface area contributed by atoms with Gasteiger partial charge < -0.3 is 9.84 Å². The fourth-order valence-electron chi connectivity index (χ4n) is 2.61. The number of aromatic nitrogens is 3. The Labute approximate surface area is 161 Å². The highest BCUT2D eigenvalue weighted by Crippen LogP contribution is 2.25. The third kappa shape index (κ3) is 3.76. The van der Waals surface area contributed by atoms with Gasteiger partial charge in [0.15, 0.2) is 5.76 Å². The maximum absolute atomic E-state index is 12.7. The van der Waals surface area contributed by atoms with Crippen LogP contribution in [0.15, 0.2) is 35.0 Å². The second-order valence-corrected chi connectivity index (χ2v) is 7.07. The Hall–Kier alpha value is -2.31. The first-order chi connectivity index (χ1) is 12.4. The lowest BCUT2D eigenvalue weighted by Crippen LogP contribution is -2.18. The Bertz CT molecular complexity index is 947. The summed E-state index contributed by atoms with van der Waals surface area (Å²) in [4.78, 5) is 12.7. The summed E-state index contributed by atoms with van der Waals surface area (Å²) >= 11 is 12.2. The van der Waals surface area contributed by atoms with Crippen LogP contribution in [0.4, 0.5) is 5.82 Å². The molecular weight excluding hydrogens is 375 g/mol. The number of aryl methyl sites for hydroxylation is 1. The lowest BCUT2D eigenvalue weighted by molar-refractivity contribution is 0.102. The van der Waals surface area contributed by atoms with Gasteiger partial charge in [0, 0.05) is 22.0 Å². The monoisotopic (exact) mass is 392 g/mol. The van der Waals surface area contributed by atoms with Crippen LogP contribution in [0.2, 0.25) is 10.0 Å². The van der Waals surface area contributed by atoms with Gasteiger partial charge in [0.25, 0.3) is 5.91 Å². The molecule has 6 nitrogen and oxygen atoms in total. The number of hydrogen-bond acceptors (Lipinski definition) is 4. The second kappa shape index (κ2) is 7.51. The number of hydrogen-bond donors (Lipinski definition) is 1. The molecule has 3 rings (SSSR count). The van der Waals surface area contributed by atoms with E-state index >= 15 is 0 Å². The van der Waals surface area contributed by atoms with Crippen LogP contribution in [0.25, 0.3) is 0 Å². The van der Waals surface area contributed by atoms with E-state index in [9.17, 15) is 4.79 Å². The van der Waals surface area contributed by atoms with Crippen molar-refractivity contribution in [3.05, 3.63) is 63.1 Å². The highest BCUT2D eigenvalue weighted by atomic mass is 35.5. The van der Waals surface area contributed by atoms with Gasteiger partial charge in [-0.1, -0.05) is 48.3 Å². The number of nitrogens with one attached hydrogen (secondary N) is 1. The van der Waals surface area contributed by atoms with Crippen LogP contribution in [0.5, 0.6) is 0 Å². The zero-order valence-electron chi connectivity index (χ0n) is 14.6. The summed E-state index contributed by atoms with van der Waals surface area (Å²) in [5, 5.41) is 12.2. The first-order valence-electron chi connectivity index (χ1n) is 8.10. The maximum Gasteiger partial charge on any atom is 0.262 e. The van der Waals surface area contributed by atoms with Crippen LogP contribution in [-0.4, -0.2) is 20.8 Å². The molecule has 0 saturated heterocycles. The fourth-order valence-corrected chi connectivity index (χ4v) is 3.08. The Morgan fingerprint density at radius 3 is 2.77 bits per heavy atom. The predicted octanol–water partition coefficient (Wildman–Crippen LogP) is 4.91. The van der Waals surface area contributed by atoms with Gasteiger partial charge in [-0.05, 0) is 24.6 Å². The number of carbonyl (C=O) groups excluding carboxylic acids is 1. The van der Waals surface area contributed by atoms with Crippen LogP contribution in [0.3, 0.4) is 0 Å². The van der Waals surface area contributed by atoms with E-state index in [1.54, 1.807) is 36.0 Å². The quantitative estimate of drug-likeness (QED) is 0.669. The molecule has 2 aromatic heterocycles. The van der Waals surface area contributed by atoms with Gasteiger partial charge in [-0.3, -0.25) is 4.79 Å². The number of rotatable bonds is 5. The molecule has 3 aromatic rings. The van der Waals surface area contributed by atoms with Crippen LogP contribution >= 0.6 is 23.2 Å². The molecule has 2 heterocycles. The number of anilines is 1. The lowest BCUT2D eigenvalue weighted by atomic mass is 10.0. The lowest BCUT2D eigenvalue weighted by Gasteiger charge is -2.11. The van der Waals surface area contributed by atoms with Gasteiger partial charge in [0.1, 0.15) is 11.4 Å². The molecule has 0 unspecified atom stereocenters. The second-order valence-electron chi connectivity index (χ2n) is 6.23. The molecule has 8 heteroatoms. The molecule has 26 heavy (non-hydrogen) atoms. The molecule has 1 aromatic carbocycles. The average Bonchev–Trinajstić information content (AvgIpc) is 3.16. The van der Waals surface area contributed by atoms with Crippen molar-refractivity contribution in [1.82, 2.24) is 14.9 Å². The number of benzene rings is 1. The van der Waals surface area contributed by atoms with E-state index in [-0.39, 0.29) is 11.8 Å². The van der Waals surface area contributed by atoms with E-state index in [0.717, 1.165) is 5.56 Å². The average molecular weight is 393 g/mol. The first kappa shape index (κ1) is 18.5. The topological polar surface area (TPSA) is 73.0 Å². The molecule has 0 aliphatic carbocycles. The van der Waals surface area contributed by atoms with E-state index in [1.807, 2.05) is 19.9 Å². The van der Waals surface area contributed by atoms with Crippen molar-refractivity contribution in [1.29, 1.82) is 0 Å². The molecule has 1 N–H and O–H groups in total. The number of carbonyl (C=O) groups is 1. The minimum Gasteiger partial charge on any atom is -0.360 e. The summed E-state index contributed by atoms with van der Waals surface area (Å²) in [5.41, 5.74) is 1.86. The molecule has 0 aliphatic heterocycles. The van der Waals surface area contributed by atoms with Gasteiger partial charge in [0.2, 0.25) is 0 Å². The van der Waals surface area contributed by atoms with Crippen LogP contribution in [0, 0.1) is 6.92 Å².